The lowest BCUT2D eigenvalue weighted by atomic mass is 10.3. The highest BCUT2D eigenvalue weighted by Gasteiger charge is 2.39. The summed E-state index contributed by atoms with van der Waals surface area (Å²) in [5.41, 5.74) is 0.643. The third kappa shape index (κ3) is 3.39. The Morgan fingerprint density at radius 2 is 1.96 bits per heavy atom. The molecular formula is C16H15ClF3N5O2S. The second-order valence-corrected chi connectivity index (χ2v) is 7.83. The molecule has 150 valence electrons. The van der Waals surface area contributed by atoms with Gasteiger partial charge in [0, 0.05) is 4.88 Å². The molecule has 3 rings (SSSR count). The summed E-state index contributed by atoms with van der Waals surface area (Å²) in [6.45, 7) is 6.05. The SMILES string of the molecule is Cc1cc2c(=O)n(NC(=O)C(C)n3nc(C(F)(F)F)c(Cl)c3C)c(C)nc2s1. The Morgan fingerprint density at radius 3 is 2.54 bits per heavy atom. The highest BCUT2D eigenvalue weighted by Crippen LogP contribution is 2.36. The highest BCUT2D eigenvalue weighted by molar-refractivity contribution is 7.18. The van der Waals surface area contributed by atoms with Crippen LogP contribution in [0.15, 0.2) is 10.9 Å². The van der Waals surface area contributed by atoms with Gasteiger partial charge in [-0.3, -0.25) is 19.7 Å². The number of hydrogen-bond donors (Lipinski definition) is 1. The first-order valence-electron chi connectivity index (χ1n) is 8.04. The number of thiophene rings is 1. The maximum Gasteiger partial charge on any atom is 0.436 e. The second kappa shape index (κ2) is 6.89. The summed E-state index contributed by atoms with van der Waals surface area (Å²) in [5.74, 6) is -0.500. The molecule has 1 amide bonds. The average molecular weight is 434 g/mol. The average Bonchev–Trinajstić information content (AvgIpc) is 3.10. The van der Waals surface area contributed by atoms with Crippen LogP contribution in [0.3, 0.4) is 0 Å². The zero-order valence-corrected chi connectivity index (χ0v) is 16.8. The second-order valence-electron chi connectivity index (χ2n) is 6.22. The van der Waals surface area contributed by atoms with Crippen LogP contribution in [0.2, 0.25) is 5.02 Å². The van der Waals surface area contributed by atoms with E-state index in [0.717, 1.165) is 14.2 Å². The van der Waals surface area contributed by atoms with Gasteiger partial charge in [0.15, 0.2) is 5.69 Å². The fourth-order valence-corrected chi connectivity index (χ4v) is 3.85. The van der Waals surface area contributed by atoms with Crippen LogP contribution in [0, 0.1) is 20.8 Å². The van der Waals surface area contributed by atoms with E-state index >= 15 is 0 Å². The number of carbonyl (C=O) groups is 1. The standard InChI is InChI=1S/C16H15ClF3N5O2S/c1-6-5-10-14(28-6)21-9(4)25(15(10)27)23-13(26)8(3)24-7(2)11(17)12(22-24)16(18,19)20/h5,8H,1-4H3,(H,23,26). The fraction of sp³-hybridized carbons (Fsp3) is 0.375. The van der Waals surface area contributed by atoms with Crippen molar-refractivity contribution in [2.45, 2.75) is 39.9 Å². The summed E-state index contributed by atoms with van der Waals surface area (Å²) in [4.78, 5) is 31.0. The van der Waals surface area contributed by atoms with Crippen molar-refractivity contribution < 1.29 is 18.0 Å². The normalized spacial score (nSPS) is 13.1. The van der Waals surface area contributed by atoms with Crippen LogP contribution in [-0.4, -0.2) is 25.3 Å². The number of nitrogens with zero attached hydrogens (tertiary/aromatic N) is 4. The molecular weight excluding hydrogens is 419 g/mol. The van der Waals surface area contributed by atoms with Crippen molar-refractivity contribution in [1.82, 2.24) is 19.4 Å². The van der Waals surface area contributed by atoms with Gasteiger partial charge in [-0.1, -0.05) is 11.6 Å². The zero-order valence-electron chi connectivity index (χ0n) is 15.2. The summed E-state index contributed by atoms with van der Waals surface area (Å²) >= 11 is 7.07. The molecule has 3 aromatic rings. The molecule has 0 spiro atoms. The van der Waals surface area contributed by atoms with Crippen molar-refractivity contribution in [3.05, 3.63) is 43.5 Å². The monoisotopic (exact) mass is 433 g/mol. The van der Waals surface area contributed by atoms with Crippen molar-refractivity contribution in [1.29, 1.82) is 0 Å². The molecule has 1 N–H and O–H groups in total. The largest absolute Gasteiger partial charge is 0.436 e. The molecule has 0 saturated carbocycles. The first-order chi connectivity index (χ1) is 12.9. The Labute approximate surface area is 165 Å². The smallest absolute Gasteiger partial charge is 0.271 e. The first-order valence-corrected chi connectivity index (χ1v) is 9.23. The van der Waals surface area contributed by atoms with E-state index in [9.17, 15) is 22.8 Å². The van der Waals surface area contributed by atoms with E-state index in [-0.39, 0.29) is 11.5 Å². The van der Waals surface area contributed by atoms with E-state index in [0.29, 0.717) is 10.2 Å². The van der Waals surface area contributed by atoms with Crippen LogP contribution < -0.4 is 11.0 Å². The quantitative estimate of drug-likeness (QED) is 0.684. The minimum Gasteiger partial charge on any atom is -0.271 e. The molecule has 12 heteroatoms. The number of rotatable bonds is 3. The number of aromatic nitrogens is 4. The molecule has 0 aliphatic carbocycles. The molecule has 0 radical (unpaired) electrons. The van der Waals surface area contributed by atoms with Crippen molar-refractivity contribution >= 4 is 39.1 Å². The first kappa shape index (κ1) is 20.3. The molecule has 0 saturated heterocycles. The summed E-state index contributed by atoms with van der Waals surface area (Å²) in [6, 6.07) is 0.508. The molecule has 0 aromatic carbocycles. The molecule has 1 unspecified atom stereocenters. The van der Waals surface area contributed by atoms with E-state index in [2.05, 4.69) is 15.5 Å². The molecule has 3 aromatic heterocycles. The maximum atomic E-state index is 13.0. The lowest BCUT2D eigenvalue weighted by molar-refractivity contribution is -0.141. The van der Waals surface area contributed by atoms with Gasteiger partial charge in [-0.25, -0.2) is 9.66 Å². The molecule has 3 heterocycles. The van der Waals surface area contributed by atoms with E-state index in [1.165, 1.54) is 25.2 Å². The van der Waals surface area contributed by atoms with Crippen LogP contribution in [-0.2, 0) is 11.0 Å². The van der Waals surface area contributed by atoms with Crippen LogP contribution in [0.4, 0.5) is 13.2 Å². The van der Waals surface area contributed by atoms with Gasteiger partial charge >= 0.3 is 6.18 Å². The molecule has 0 aliphatic rings. The summed E-state index contributed by atoms with van der Waals surface area (Å²) in [6.07, 6.45) is -4.75. The maximum absolute atomic E-state index is 13.0. The van der Waals surface area contributed by atoms with E-state index in [4.69, 9.17) is 11.6 Å². The number of hydrogen-bond acceptors (Lipinski definition) is 5. The zero-order chi connectivity index (χ0) is 21.0. The third-order valence-electron chi connectivity index (χ3n) is 4.17. The molecule has 0 aliphatic heterocycles. The predicted molar refractivity (Wildman–Crippen MR) is 99.4 cm³/mol. The summed E-state index contributed by atoms with van der Waals surface area (Å²) in [5, 5.41) is 3.21. The predicted octanol–water partition coefficient (Wildman–Crippen LogP) is 3.58. The van der Waals surface area contributed by atoms with Crippen molar-refractivity contribution in [2.75, 3.05) is 5.43 Å². The Bertz CT molecular complexity index is 1150. The summed E-state index contributed by atoms with van der Waals surface area (Å²) < 4.78 is 40.8. The molecule has 28 heavy (non-hydrogen) atoms. The molecule has 0 bridgehead atoms. The van der Waals surface area contributed by atoms with Crippen LogP contribution in [0.1, 0.15) is 35.1 Å². The van der Waals surface area contributed by atoms with Crippen molar-refractivity contribution in [3.8, 4) is 0 Å². The van der Waals surface area contributed by atoms with Crippen LogP contribution in [0.5, 0.6) is 0 Å². The van der Waals surface area contributed by atoms with Gasteiger partial charge in [0.05, 0.1) is 16.1 Å². The number of carbonyl (C=O) groups excluding carboxylic acids is 1. The fourth-order valence-electron chi connectivity index (χ4n) is 2.71. The van der Waals surface area contributed by atoms with Crippen molar-refractivity contribution in [2.24, 2.45) is 0 Å². The highest BCUT2D eigenvalue weighted by atomic mass is 35.5. The minimum absolute atomic E-state index is 0.0113. The lowest BCUT2D eigenvalue weighted by Crippen LogP contribution is -2.38. The van der Waals surface area contributed by atoms with Crippen molar-refractivity contribution in [3.63, 3.8) is 0 Å². The Hall–Kier alpha value is -2.40. The number of alkyl halides is 3. The Kier molecular flexibility index (Phi) is 5.00. The van der Waals surface area contributed by atoms with E-state index < -0.39 is 34.4 Å². The lowest BCUT2D eigenvalue weighted by Gasteiger charge is -2.16. The van der Waals surface area contributed by atoms with E-state index in [1.807, 2.05) is 6.92 Å². The Balaban J connectivity index is 1.96. The minimum atomic E-state index is -4.75. The van der Waals surface area contributed by atoms with Gasteiger partial charge < -0.3 is 0 Å². The number of nitrogens with one attached hydrogen (secondary N) is 1. The number of halogens is 4. The topological polar surface area (TPSA) is 81.8 Å². The van der Waals surface area contributed by atoms with Crippen LogP contribution >= 0.6 is 22.9 Å². The number of fused-ring (bicyclic) bond motifs is 1. The molecule has 1 atom stereocenters. The third-order valence-corrected chi connectivity index (χ3v) is 5.57. The molecule has 7 nitrogen and oxygen atoms in total. The van der Waals surface area contributed by atoms with Gasteiger partial charge in [-0.2, -0.15) is 18.3 Å². The van der Waals surface area contributed by atoms with E-state index in [1.54, 1.807) is 13.0 Å². The number of aryl methyl sites for hydroxylation is 2. The van der Waals surface area contributed by atoms with Gasteiger partial charge in [0.25, 0.3) is 11.5 Å². The molecule has 0 fully saturated rings. The van der Waals surface area contributed by atoms with Crippen LogP contribution in [0.25, 0.3) is 10.2 Å². The van der Waals surface area contributed by atoms with Gasteiger partial charge in [0.2, 0.25) is 0 Å². The summed E-state index contributed by atoms with van der Waals surface area (Å²) in [7, 11) is 0. The van der Waals surface area contributed by atoms with Gasteiger partial charge in [-0.15, -0.1) is 11.3 Å². The van der Waals surface area contributed by atoms with Gasteiger partial charge in [-0.05, 0) is 33.8 Å². The Morgan fingerprint density at radius 1 is 1.32 bits per heavy atom. The number of amides is 1. The van der Waals surface area contributed by atoms with Gasteiger partial charge in [0.1, 0.15) is 16.7 Å².